The molecule has 0 spiro atoms. The molecule has 0 fully saturated rings. The van der Waals surface area contributed by atoms with Crippen LogP contribution in [0.4, 0.5) is 27.7 Å². The van der Waals surface area contributed by atoms with Gasteiger partial charge in [-0.2, -0.15) is 10.1 Å². The smallest absolute Gasteiger partial charge is 0.229 e. The third kappa shape index (κ3) is 4.01. The molecule has 0 saturated heterocycles. The van der Waals surface area contributed by atoms with Gasteiger partial charge >= 0.3 is 0 Å². The first-order valence-corrected chi connectivity index (χ1v) is 10.6. The number of rotatable bonds is 6. The van der Waals surface area contributed by atoms with Crippen LogP contribution in [0.2, 0.25) is 0 Å². The molecule has 154 valence electrons. The second-order valence-electron chi connectivity index (χ2n) is 6.41. The van der Waals surface area contributed by atoms with E-state index in [9.17, 15) is 12.8 Å². The summed E-state index contributed by atoms with van der Waals surface area (Å²) in [4.78, 5) is 8.64. The predicted octanol–water partition coefficient (Wildman–Crippen LogP) is 3.39. The largest absolute Gasteiger partial charge is 0.495 e. The zero-order chi connectivity index (χ0) is 21.3. The number of halogens is 1. The van der Waals surface area contributed by atoms with E-state index in [1.807, 2.05) is 0 Å². The molecule has 11 heteroatoms. The summed E-state index contributed by atoms with van der Waals surface area (Å²) < 4.78 is 42.6. The third-order valence-corrected chi connectivity index (χ3v) is 5.38. The highest BCUT2D eigenvalue weighted by Crippen LogP contribution is 2.30. The van der Waals surface area contributed by atoms with Gasteiger partial charge in [-0.25, -0.2) is 17.8 Å². The molecule has 3 N–H and O–H groups in total. The number of nitrogens with one attached hydrogen (secondary N) is 3. The highest BCUT2D eigenvalue weighted by molar-refractivity contribution is 7.90. The van der Waals surface area contributed by atoms with Crippen LogP contribution >= 0.6 is 0 Å². The molecule has 0 aliphatic heterocycles. The Morgan fingerprint density at radius 1 is 1.10 bits per heavy atom. The van der Waals surface area contributed by atoms with Crippen molar-refractivity contribution in [1.29, 1.82) is 0 Å². The summed E-state index contributed by atoms with van der Waals surface area (Å²) in [5.41, 5.74) is 1.07. The average Bonchev–Trinajstić information content (AvgIpc) is 3.09. The van der Waals surface area contributed by atoms with Crippen molar-refractivity contribution < 1.29 is 17.5 Å². The second-order valence-corrected chi connectivity index (χ2v) is 8.43. The van der Waals surface area contributed by atoms with Crippen molar-refractivity contribution in [1.82, 2.24) is 20.2 Å². The predicted molar refractivity (Wildman–Crippen MR) is 111 cm³/mol. The van der Waals surface area contributed by atoms with Crippen LogP contribution in [0.1, 0.15) is 0 Å². The number of ether oxygens (including phenoxy) is 1. The molecular formula is C19H17FN6O3S. The Morgan fingerprint density at radius 3 is 2.70 bits per heavy atom. The van der Waals surface area contributed by atoms with Gasteiger partial charge in [0.1, 0.15) is 17.4 Å². The lowest BCUT2D eigenvalue weighted by Crippen LogP contribution is -2.04. The Balaban J connectivity index is 1.63. The summed E-state index contributed by atoms with van der Waals surface area (Å²) in [6.45, 7) is 0. The molecular weight excluding hydrogens is 411 g/mol. The molecule has 30 heavy (non-hydrogen) atoms. The minimum Gasteiger partial charge on any atom is -0.495 e. The fourth-order valence-electron chi connectivity index (χ4n) is 2.83. The molecule has 0 amide bonds. The van der Waals surface area contributed by atoms with E-state index in [0.717, 1.165) is 6.26 Å². The highest BCUT2D eigenvalue weighted by atomic mass is 32.2. The maximum Gasteiger partial charge on any atom is 0.229 e. The van der Waals surface area contributed by atoms with E-state index in [1.165, 1.54) is 37.6 Å². The molecule has 2 heterocycles. The highest BCUT2D eigenvalue weighted by Gasteiger charge is 2.13. The molecule has 0 aliphatic carbocycles. The van der Waals surface area contributed by atoms with E-state index in [0.29, 0.717) is 34.0 Å². The zero-order valence-electron chi connectivity index (χ0n) is 16.0. The standard InChI is InChI=1S/C19H17FN6O3S/c1-29-16-6-4-12(30(2,27)28)10-15(16)22-19-21-8-7-17(24-19)23-18-13-9-11(20)3-5-14(13)25-26-18/h3-10H,1-2H3,(H3,21,22,23,24,25,26). The van der Waals surface area contributed by atoms with Gasteiger partial charge < -0.3 is 15.4 Å². The van der Waals surface area contributed by atoms with Crippen molar-refractivity contribution in [2.24, 2.45) is 0 Å². The van der Waals surface area contributed by atoms with Crippen LogP contribution in [0, 0.1) is 5.82 Å². The summed E-state index contributed by atoms with van der Waals surface area (Å²) in [6, 6.07) is 10.4. The number of nitrogens with zero attached hydrogens (tertiary/aromatic N) is 3. The van der Waals surface area contributed by atoms with E-state index in [-0.39, 0.29) is 16.7 Å². The molecule has 2 aromatic carbocycles. The van der Waals surface area contributed by atoms with Crippen LogP contribution in [-0.2, 0) is 9.84 Å². The number of aromatic nitrogens is 4. The van der Waals surface area contributed by atoms with Gasteiger partial charge in [-0.3, -0.25) is 5.10 Å². The summed E-state index contributed by atoms with van der Waals surface area (Å²) in [6.07, 6.45) is 2.64. The van der Waals surface area contributed by atoms with E-state index < -0.39 is 9.84 Å². The van der Waals surface area contributed by atoms with Crippen molar-refractivity contribution in [3.8, 4) is 5.75 Å². The number of methoxy groups -OCH3 is 1. The van der Waals surface area contributed by atoms with E-state index >= 15 is 0 Å². The lowest BCUT2D eigenvalue weighted by atomic mass is 10.2. The van der Waals surface area contributed by atoms with Crippen molar-refractivity contribution in [2.45, 2.75) is 4.90 Å². The van der Waals surface area contributed by atoms with Crippen LogP contribution in [0.25, 0.3) is 10.9 Å². The van der Waals surface area contributed by atoms with Crippen molar-refractivity contribution >= 4 is 44.0 Å². The van der Waals surface area contributed by atoms with Gasteiger partial charge in [0.05, 0.1) is 23.2 Å². The first kappa shape index (κ1) is 19.6. The Kier molecular flexibility index (Phi) is 4.96. The normalized spacial score (nSPS) is 11.4. The Hall–Kier alpha value is -3.73. The van der Waals surface area contributed by atoms with Gasteiger partial charge in [0.25, 0.3) is 0 Å². The van der Waals surface area contributed by atoms with Crippen LogP contribution in [0.15, 0.2) is 53.6 Å². The molecule has 0 bridgehead atoms. The Morgan fingerprint density at radius 2 is 1.93 bits per heavy atom. The Bertz CT molecular complexity index is 1340. The van der Waals surface area contributed by atoms with Crippen LogP contribution in [0.3, 0.4) is 0 Å². The van der Waals surface area contributed by atoms with E-state index in [1.54, 1.807) is 18.2 Å². The molecule has 0 radical (unpaired) electrons. The Labute approximate surface area is 171 Å². The van der Waals surface area contributed by atoms with Gasteiger partial charge in [-0.05, 0) is 42.5 Å². The fraction of sp³-hybridized carbons (Fsp3) is 0.105. The number of H-pyrrole nitrogens is 1. The van der Waals surface area contributed by atoms with Gasteiger partial charge in [0.15, 0.2) is 15.7 Å². The number of fused-ring (bicyclic) bond motifs is 1. The number of benzene rings is 2. The van der Waals surface area contributed by atoms with Gasteiger partial charge in [0, 0.05) is 17.8 Å². The summed E-state index contributed by atoms with van der Waals surface area (Å²) in [5, 5.41) is 13.5. The molecule has 4 rings (SSSR count). The van der Waals surface area contributed by atoms with Crippen LogP contribution < -0.4 is 15.4 Å². The first-order chi connectivity index (χ1) is 14.3. The lowest BCUT2D eigenvalue weighted by Gasteiger charge is -2.12. The van der Waals surface area contributed by atoms with E-state index in [2.05, 4.69) is 30.8 Å². The quantitative estimate of drug-likeness (QED) is 0.427. The zero-order valence-corrected chi connectivity index (χ0v) is 16.8. The van der Waals surface area contributed by atoms with Crippen molar-refractivity contribution in [3.63, 3.8) is 0 Å². The number of anilines is 4. The maximum atomic E-state index is 13.6. The minimum absolute atomic E-state index is 0.130. The second kappa shape index (κ2) is 7.59. The number of sulfone groups is 1. The molecule has 0 unspecified atom stereocenters. The van der Waals surface area contributed by atoms with Gasteiger partial charge in [0.2, 0.25) is 5.95 Å². The molecule has 0 aliphatic rings. The molecule has 0 saturated carbocycles. The SMILES string of the molecule is COc1ccc(S(C)(=O)=O)cc1Nc1nccc(Nc2n[nH]c3ccc(F)cc23)n1. The van der Waals surface area contributed by atoms with Gasteiger partial charge in [-0.15, -0.1) is 0 Å². The summed E-state index contributed by atoms with van der Waals surface area (Å²) >= 11 is 0. The monoisotopic (exact) mass is 428 g/mol. The maximum absolute atomic E-state index is 13.6. The summed E-state index contributed by atoms with van der Waals surface area (Å²) in [5.74, 6) is 1.07. The molecule has 9 nitrogen and oxygen atoms in total. The van der Waals surface area contributed by atoms with Gasteiger partial charge in [-0.1, -0.05) is 0 Å². The van der Waals surface area contributed by atoms with Crippen molar-refractivity contribution in [3.05, 3.63) is 54.5 Å². The van der Waals surface area contributed by atoms with E-state index in [4.69, 9.17) is 4.74 Å². The average molecular weight is 428 g/mol. The summed E-state index contributed by atoms with van der Waals surface area (Å²) in [7, 11) is -1.93. The first-order valence-electron chi connectivity index (χ1n) is 8.72. The number of aromatic amines is 1. The molecule has 2 aromatic heterocycles. The lowest BCUT2D eigenvalue weighted by molar-refractivity contribution is 0.416. The molecule has 4 aromatic rings. The van der Waals surface area contributed by atoms with Crippen LogP contribution in [-0.4, -0.2) is 41.9 Å². The third-order valence-electron chi connectivity index (χ3n) is 4.27. The number of hydrogen-bond acceptors (Lipinski definition) is 8. The fourth-order valence-corrected chi connectivity index (χ4v) is 3.47. The van der Waals surface area contributed by atoms with Crippen LogP contribution in [0.5, 0.6) is 5.75 Å². The molecule has 0 atom stereocenters. The topological polar surface area (TPSA) is 122 Å². The van der Waals surface area contributed by atoms with Crippen molar-refractivity contribution in [2.75, 3.05) is 24.0 Å². The number of hydrogen-bond donors (Lipinski definition) is 3. The minimum atomic E-state index is -3.40.